The van der Waals surface area contributed by atoms with Crippen molar-refractivity contribution in [2.75, 3.05) is 7.11 Å². The number of hydrogen-bond acceptors (Lipinski definition) is 6. The van der Waals surface area contributed by atoms with Gasteiger partial charge in [0.2, 0.25) is 6.10 Å². The number of carbonyl (C=O) groups is 2. The molecule has 130 valence electrons. The van der Waals surface area contributed by atoms with E-state index in [-0.39, 0.29) is 11.9 Å². The number of esters is 1. The van der Waals surface area contributed by atoms with Crippen LogP contribution in [0, 0.1) is 0 Å². The molecule has 0 unspecified atom stereocenters. The fourth-order valence-corrected chi connectivity index (χ4v) is 4.21. The van der Waals surface area contributed by atoms with Crippen molar-refractivity contribution < 1.29 is 19.2 Å². The van der Waals surface area contributed by atoms with Crippen LogP contribution in [0.15, 0.2) is 17.3 Å². The van der Waals surface area contributed by atoms with Gasteiger partial charge in [-0.3, -0.25) is 4.79 Å². The van der Waals surface area contributed by atoms with Gasteiger partial charge in [-0.25, -0.2) is 4.79 Å². The van der Waals surface area contributed by atoms with E-state index in [1.54, 1.807) is 6.07 Å². The molecule has 8 heteroatoms. The molecule has 1 aliphatic carbocycles. The molecule has 3 rings (SSSR count). The molecule has 1 fully saturated rings. The molecule has 1 N–H and O–H groups in total. The normalized spacial score (nSPS) is 22.4. The quantitative estimate of drug-likeness (QED) is 0.827. The molecule has 1 saturated carbocycles. The van der Waals surface area contributed by atoms with Crippen molar-refractivity contribution in [3.8, 4) is 0 Å². The van der Waals surface area contributed by atoms with Gasteiger partial charge in [-0.1, -0.05) is 36.0 Å². The van der Waals surface area contributed by atoms with Crippen LogP contribution in [0.2, 0.25) is 4.34 Å². The van der Waals surface area contributed by atoms with Gasteiger partial charge in [0.15, 0.2) is 0 Å². The predicted octanol–water partition coefficient (Wildman–Crippen LogP) is 2.89. The SMILES string of the molecule is COC(=O)C1(NC(=O)[C@@H]2CC(c3ccc(Cl)s3)=NO2)CCCCC1. The average molecular weight is 371 g/mol. The fraction of sp³-hybridized carbons (Fsp3) is 0.562. The zero-order valence-corrected chi connectivity index (χ0v) is 14.9. The molecule has 2 heterocycles. The molecule has 1 amide bonds. The van der Waals surface area contributed by atoms with Crippen molar-refractivity contribution in [3.63, 3.8) is 0 Å². The van der Waals surface area contributed by atoms with E-state index < -0.39 is 11.6 Å². The Hall–Kier alpha value is -1.60. The molecule has 1 aromatic heterocycles. The van der Waals surface area contributed by atoms with Crippen LogP contribution in [0.3, 0.4) is 0 Å². The standard InChI is InChI=1S/C16H19ClN2O4S/c1-22-15(21)16(7-3-2-4-8-16)18-14(20)11-9-10(19-23-11)12-5-6-13(17)24-12/h5-6,11H,2-4,7-9H2,1H3,(H,18,20)/t11-/m0/s1. The topological polar surface area (TPSA) is 77.0 Å². The van der Waals surface area contributed by atoms with Crippen LogP contribution in [-0.4, -0.2) is 36.3 Å². The van der Waals surface area contributed by atoms with Crippen molar-refractivity contribution >= 4 is 40.5 Å². The minimum absolute atomic E-state index is 0.330. The summed E-state index contributed by atoms with van der Waals surface area (Å²) in [6, 6.07) is 3.64. The van der Waals surface area contributed by atoms with Crippen LogP contribution >= 0.6 is 22.9 Å². The van der Waals surface area contributed by atoms with Gasteiger partial charge in [0, 0.05) is 6.42 Å². The smallest absolute Gasteiger partial charge is 0.331 e. The highest BCUT2D eigenvalue weighted by atomic mass is 35.5. The van der Waals surface area contributed by atoms with Crippen LogP contribution in [0.1, 0.15) is 43.4 Å². The first-order chi connectivity index (χ1) is 11.5. The summed E-state index contributed by atoms with van der Waals surface area (Å²) in [5, 5.41) is 6.86. The van der Waals surface area contributed by atoms with E-state index in [1.165, 1.54) is 18.4 Å². The van der Waals surface area contributed by atoms with E-state index in [0.717, 1.165) is 24.1 Å². The Morgan fingerprint density at radius 3 is 2.75 bits per heavy atom. The predicted molar refractivity (Wildman–Crippen MR) is 91.3 cm³/mol. The van der Waals surface area contributed by atoms with Gasteiger partial charge < -0.3 is 14.9 Å². The molecule has 0 saturated heterocycles. The molecule has 0 radical (unpaired) electrons. The molecule has 2 aliphatic rings. The number of thiophene rings is 1. The van der Waals surface area contributed by atoms with Gasteiger partial charge in [0.1, 0.15) is 11.3 Å². The number of amides is 1. The van der Waals surface area contributed by atoms with Gasteiger partial charge in [-0.2, -0.15) is 0 Å². The van der Waals surface area contributed by atoms with Crippen molar-refractivity contribution in [1.29, 1.82) is 0 Å². The number of hydrogen-bond donors (Lipinski definition) is 1. The number of oxime groups is 1. The van der Waals surface area contributed by atoms with Gasteiger partial charge in [-0.15, -0.1) is 11.3 Å². The summed E-state index contributed by atoms with van der Waals surface area (Å²) >= 11 is 7.32. The van der Waals surface area contributed by atoms with E-state index in [0.29, 0.717) is 29.3 Å². The van der Waals surface area contributed by atoms with Gasteiger partial charge >= 0.3 is 5.97 Å². The summed E-state index contributed by atoms with van der Waals surface area (Å²) in [6.45, 7) is 0. The van der Waals surface area contributed by atoms with E-state index in [2.05, 4.69) is 10.5 Å². The maximum Gasteiger partial charge on any atom is 0.331 e. The van der Waals surface area contributed by atoms with Crippen molar-refractivity contribution in [1.82, 2.24) is 5.32 Å². The minimum Gasteiger partial charge on any atom is -0.467 e. The summed E-state index contributed by atoms with van der Waals surface area (Å²) in [7, 11) is 1.35. The molecule has 1 atom stereocenters. The third-order valence-electron chi connectivity index (χ3n) is 4.46. The number of halogens is 1. The molecule has 24 heavy (non-hydrogen) atoms. The van der Waals surface area contributed by atoms with Crippen LogP contribution in [0.4, 0.5) is 0 Å². The van der Waals surface area contributed by atoms with Crippen LogP contribution in [-0.2, 0) is 19.2 Å². The largest absolute Gasteiger partial charge is 0.467 e. The van der Waals surface area contributed by atoms with Crippen LogP contribution in [0.5, 0.6) is 0 Å². The molecular formula is C16H19ClN2O4S. The Morgan fingerprint density at radius 2 is 2.12 bits per heavy atom. The third-order valence-corrected chi connectivity index (χ3v) is 5.74. The van der Waals surface area contributed by atoms with Gasteiger partial charge in [0.05, 0.1) is 16.3 Å². The lowest BCUT2D eigenvalue weighted by molar-refractivity contribution is -0.154. The summed E-state index contributed by atoms with van der Waals surface area (Å²) in [5.74, 6) is -0.719. The summed E-state index contributed by atoms with van der Waals surface area (Å²) in [6.07, 6.45) is 3.64. The Bertz CT molecular complexity index is 667. The highest BCUT2D eigenvalue weighted by molar-refractivity contribution is 7.18. The Balaban J connectivity index is 1.65. The fourth-order valence-electron chi connectivity index (χ4n) is 3.18. The summed E-state index contributed by atoms with van der Waals surface area (Å²) in [5.41, 5.74) is -0.245. The molecule has 6 nitrogen and oxygen atoms in total. The second kappa shape index (κ2) is 7.11. The first-order valence-corrected chi connectivity index (χ1v) is 9.12. The molecule has 0 aromatic carbocycles. The van der Waals surface area contributed by atoms with Gasteiger partial charge in [-0.05, 0) is 25.0 Å². The number of ether oxygens (including phenoxy) is 1. The first kappa shape index (κ1) is 17.2. The highest BCUT2D eigenvalue weighted by Crippen LogP contribution is 2.31. The lowest BCUT2D eigenvalue weighted by Gasteiger charge is -2.35. The molecule has 0 spiro atoms. The molecular weight excluding hydrogens is 352 g/mol. The Kier molecular flexibility index (Phi) is 5.10. The van der Waals surface area contributed by atoms with E-state index >= 15 is 0 Å². The zero-order chi connectivity index (χ0) is 17.2. The van der Waals surface area contributed by atoms with E-state index in [4.69, 9.17) is 21.2 Å². The van der Waals surface area contributed by atoms with Crippen molar-refractivity contribution in [2.24, 2.45) is 5.16 Å². The Labute approximate surface area is 149 Å². The monoisotopic (exact) mass is 370 g/mol. The lowest BCUT2D eigenvalue weighted by Crippen LogP contribution is -2.58. The number of methoxy groups -OCH3 is 1. The first-order valence-electron chi connectivity index (χ1n) is 7.93. The molecule has 1 aliphatic heterocycles. The second-order valence-electron chi connectivity index (χ2n) is 6.06. The van der Waals surface area contributed by atoms with Crippen molar-refractivity contribution in [3.05, 3.63) is 21.3 Å². The van der Waals surface area contributed by atoms with Crippen LogP contribution < -0.4 is 5.32 Å². The molecule has 0 bridgehead atoms. The number of rotatable bonds is 4. The number of nitrogens with one attached hydrogen (secondary N) is 1. The summed E-state index contributed by atoms with van der Waals surface area (Å²) in [4.78, 5) is 31.0. The van der Waals surface area contributed by atoms with Crippen molar-refractivity contribution in [2.45, 2.75) is 50.2 Å². The van der Waals surface area contributed by atoms with Gasteiger partial charge in [0.25, 0.3) is 5.91 Å². The third kappa shape index (κ3) is 3.42. The number of nitrogens with zero attached hydrogens (tertiary/aromatic N) is 1. The van der Waals surface area contributed by atoms with E-state index in [1.807, 2.05) is 6.07 Å². The molecule has 1 aromatic rings. The summed E-state index contributed by atoms with van der Waals surface area (Å²) < 4.78 is 5.57. The highest BCUT2D eigenvalue weighted by Gasteiger charge is 2.44. The average Bonchev–Trinajstić information content (AvgIpc) is 3.23. The number of carbonyl (C=O) groups excluding carboxylic acids is 2. The maximum atomic E-state index is 12.6. The maximum absolute atomic E-state index is 12.6. The zero-order valence-electron chi connectivity index (χ0n) is 13.3. The van der Waals surface area contributed by atoms with Crippen LogP contribution in [0.25, 0.3) is 0 Å². The second-order valence-corrected chi connectivity index (χ2v) is 7.78. The Morgan fingerprint density at radius 1 is 1.38 bits per heavy atom. The van der Waals surface area contributed by atoms with E-state index in [9.17, 15) is 9.59 Å². The lowest BCUT2D eigenvalue weighted by atomic mass is 9.81. The minimum atomic E-state index is -0.942.